The third-order valence-corrected chi connectivity index (χ3v) is 4.80. The maximum Gasteiger partial charge on any atom is 0.278 e. The van der Waals surface area contributed by atoms with Gasteiger partial charge in [0.25, 0.3) is 5.91 Å². The summed E-state index contributed by atoms with van der Waals surface area (Å²) in [6, 6.07) is 12.1. The van der Waals surface area contributed by atoms with Crippen molar-refractivity contribution < 1.29 is 23.9 Å². The molecule has 142 valence electrons. The van der Waals surface area contributed by atoms with Crippen LogP contribution in [-0.4, -0.2) is 44.8 Å². The van der Waals surface area contributed by atoms with Gasteiger partial charge in [0.15, 0.2) is 18.0 Å². The monoisotopic (exact) mass is 369 g/mol. The molecule has 0 atom stereocenters. The Hall–Kier alpha value is -2.73. The summed E-state index contributed by atoms with van der Waals surface area (Å²) in [5.74, 6) is 2.59. The maximum atomic E-state index is 12.9. The van der Waals surface area contributed by atoms with E-state index in [0.29, 0.717) is 19.6 Å². The third-order valence-electron chi connectivity index (χ3n) is 4.80. The molecule has 0 bridgehead atoms. The summed E-state index contributed by atoms with van der Waals surface area (Å²) in [5.41, 5.74) is 3.38. The number of benzene rings is 2. The van der Waals surface area contributed by atoms with Gasteiger partial charge in [0.05, 0.1) is 20.7 Å². The van der Waals surface area contributed by atoms with E-state index >= 15 is 0 Å². The average molecular weight is 369 g/mol. The number of fused-ring (bicyclic) bond motifs is 2. The summed E-state index contributed by atoms with van der Waals surface area (Å²) in [4.78, 5) is 15.9. The predicted octanol–water partition coefficient (Wildman–Crippen LogP) is 1.02. The zero-order chi connectivity index (χ0) is 18.8. The van der Waals surface area contributed by atoms with Gasteiger partial charge in [0.2, 0.25) is 6.79 Å². The molecule has 2 aromatic rings. The molecule has 0 spiro atoms. The molecular weight excluding hydrogens is 344 g/mol. The van der Waals surface area contributed by atoms with Crippen LogP contribution in [-0.2, 0) is 24.3 Å². The summed E-state index contributed by atoms with van der Waals surface area (Å²) in [5, 5.41) is 0. The molecule has 0 aliphatic carbocycles. The highest BCUT2D eigenvalue weighted by Crippen LogP contribution is 2.33. The van der Waals surface area contributed by atoms with Gasteiger partial charge < -0.3 is 24.0 Å². The van der Waals surface area contributed by atoms with Crippen molar-refractivity contribution in [3.8, 4) is 17.2 Å². The Morgan fingerprint density at radius 3 is 2.44 bits per heavy atom. The van der Waals surface area contributed by atoms with Gasteiger partial charge >= 0.3 is 0 Å². The smallest absolute Gasteiger partial charge is 0.278 e. The Bertz CT molecular complexity index is 791. The van der Waals surface area contributed by atoms with Gasteiger partial charge in [-0.25, -0.2) is 0 Å². The summed E-state index contributed by atoms with van der Waals surface area (Å²) >= 11 is 0. The largest absolute Gasteiger partial charge is 0.493 e. The summed E-state index contributed by atoms with van der Waals surface area (Å²) in [6.07, 6.45) is 0.932. The van der Waals surface area contributed by atoms with Crippen molar-refractivity contribution in [1.29, 1.82) is 0 Å². The lowest BCUT2D eigenvalue weighted by molar-refractivity contribution is -0.849. The standard InChI is InChI=1S/C21H24N2O4/c1-22(2)13-21(24)23(11-15-3-5-18-17(9-15)7-8-25-18)12-16-4-6-19-20(10-16)27-14-26-19/h3-6,9-10H,7-8,11-14H2,1-2H3/p+1. The van der Waals surface area contributed by atoms with Crippen LogP contribution in [0.3, 0.4) is 0 Å². The van der Waals surface area contributed by atoms with Crippen molar-refractivity contribution in [2.24, 2.45) is 0 Å². The molecule has 6 nitrogen and oxygen atoms in total. The summed E-state index contributed by atoms with van der Waals surface area (Å²) in [6.45, 7) is 2.56. The van der Waals surface area contributed by atoms with Crippen LogP contribution in [0.4, 0.5) is 0 Å². The zero-order valence-electron chi connectivity index (χ0n) is 15.8. The molecule has 1 N–H and O–H groups in total. The Morgan fingerprint density at radius 1 is 0.963 bits per heavy atom. The minimum absolute atomic E-state index is 0.129. The first-order valence-electron chi connectivity index (χ1n) is 9.28. The number of ether oxygens (including phenoxy) is 3. The molecule has 2 aliphatic rings. The van der Waals surface area contributed by atoms with Crippen LogP contribution >= 0.6 is 0 Å². The highest BCUT2D eigenvalue weighted by atomic mass is 16.7. The summed E-state index contributed by atoms with van der Waals surface area (Å²) in [7, 11) is 3.98. The number of rotatable bonds is 6. The van der Waals surface area contributed by atoms with Crippen LogP contribution in [0.5, 0.6) is 17.2 Å². The second-order valence-corrected chi connectivity index (χ2v) is 7.36. The van der Waals surface area contributed by atoms with Gasteiger partial charge in [0, 0.05) is 19.5 Å². The second-order valence-electron chi connectivity index (χ2n) is 7.36. The second kappa shape index (κ2) is 7.48. The van der Waals surface area contributed by atoms with Crippen LogP contribution in [0.25, 0.3) is 0 Å². The average Bonchev–Trinajstić information content (AvgIpc) is 3.28. The Balaban J connectivity index is 1.54. The van der Waals surface area contributed by atoms with Gasteiger partial charge in [-0.3, -0.25) is 4.79 Å². The molecule has 0 aromatic heterocycles. The van der Waals surface area contributed by atoms with Crippen LogP contribution < -0.4 is 19.1 Å². The fourth-order valence-electron chi connectivity index (χ4n) is 3.46. The van der Waals surface area contributed by atoms with Crippen molar-refractivity contribution in [2.45, 2.75) is 19.5 Å². The molecule has 0 radical (unpaired) electrons. The lowest BCUT2D eigenvalue weighted by Gasteiger charge is -2.24. The SMILES string of the molecule is C[NH+](C)CC(=O)N(Cc1ccc2c(c1)CCO2)Cc1ccc2c(c1)OCO2. The van der Waals surface area contributed by atoms with E-state index in [2.05, 4.69) is 6.07 Å². The molecule has 0 unspecified atom stereocenters. The first-order valence-corrected chi connectivity index (χ1v) is 9.28. The van der Waals surface area contributed by atoms with Crippen molar-refractivity contribution >= 4 is 5.91 Å². The van der Waals surface area contributed by atoms with Crippen LogP contribution in [0.1, 0.15) is 16.7 Å². The number of amides is 1. The maximum absolute atomic E-state index is 12.9. The number of carbonyl (C=O) groups is 1. The topological polar surface area (TPSA) is 52.4 Å². The van der Waals surface area contributed by atoms with Gasteiger partial charge in [0.1, 0.15) is 5.75 Å². The molecule has 6 heteroatoms. The quantitative estimate of drug-likeness (QED) is 0.826. The van der Waals surface area contributed by atoms with Crippen LogP contribution in [0.2, 0.25) is 0 Å². The molecule has 0 fully saturated rings. The number of likely N-dealkylation sites (N-methyl/N-ethyl adjacent to an activating group) is 1. The molecule has 4 rings (SSSR count). The van der Waals surface area contributed by atoms with E-state index in [1.807, 2.05) is 49.3 Å². The Labute approximate surface area is 159 Å². The Kier molecular flexibility index (Phi) is 4.90. The third kappa shape index (κ3) is 4.01. The molecule has 1 amide bonds. The molecular formula is C21H25N2O4+. The zero-order valence-corrected chi connectivity index (χ0v) is 15.8. The van der Waals surface area contributed by atoms with Crippen LogP contribution in [0, 0.1) is 0 Å². The van der Waals surface area contributed by atoms with E-state index in [4.69, 9.17) is 14.2 Å². The van der Waals surface area contributed by atoms with Crippen molar-refractivity contribution in [1.82, 2.24) is 4.90 Å². The normalized spacial score (nSPS) is 14.2. The lowest BCUT2D eigenvalue weighted by atomic mass is 10.1. The molecule has 2 heterocycles. The molecule has 0 saturated carbocycles. The van der Waals surface area contributed by atoms with Crippen molar-refractivity contribution in [3.05, 3.63) is 53.1 Å². The lowest BCUT2D eigenvalue weighted by Crippen LogP contribution is -3.07. The van der Waals surface area contributed by atoms with E-state index in [-0.39, 0.29) is 12.7 Å². The number of hydrogen-bond acceptors (Lipinski definition) is 4. The highest BCUT2D eigenvalue weighted by Gasteiger charge is 2.21. The number of nitrogens with zero attached hydrogens (tertiary/aromatic N) is 1. The number of quaternary nitrogens is 1. The highest BCUT2D eigenvalue weighted by molar-refractivity contribution is 5.77. The van der Waals surface area contributed by atoms with Crippen LogP contribution in [0.15, 0.2) is 36.4 Å². The van der Waals surface area contributed by atoms with E-state index in [1.54, 1.807) is 0 Å². The number of nitrogens with one attached hydrogen (secondary N) is 1. The van der Waals surface area contributed by atoms with Crippen molar-refractivity contribution in [2.75, 3.05) is 34.0 Å². The first kappa shape index (κ1) is 17.7. The fourth-order valence-corrected chi connectivity index (χ4v) is 3.46. The predicted molar refractivity (Wildman–Crippen MR) is 100 cm³/mol. The van der Waals surface area contributed by atoms with E-state index in [9.17, 15) is 4.79 Å². The van der Waals surface area contributed by atoms with E-state index in [0.717, 1.165) is 46.3 Å². The molecule has 27 heavy (non-hydrogen) atoms. The van der Waals surface area contributed by atoms with Gasteiger partial charge in [-0.05, 0) is 34.9 Å². The fraction of sp³-hybridized carbons (Fsp3) is 0.381. The van der Waals surface area contributed by atoms with Crippen molar-refractivity contribution in [3.63, 3.8) is 0 Å². The summed E-state index contributed by atoms with van der Waals surface area (Å²) < 4.78 is 16.4. The number of hydrogen-bond donors (Lipinski definition) is 1. The Morgan fingerprint density at radius 2 is 1.67 bits per heavy atom. The van der Waals surface area contributed by atoms with Gasteiger partial charge in [-0.1, -0.05) is 18.2 Å². The van der Waals surface area contributed by atoms with Gasteiger partial charge in [-0.2, -0.15) is 0 Å². The molecule has 2 aliphatic heterocycles. The molecule has 2 aromatic carbocycles. The van der Waals surface area contributed by atoms with E-state index in [1.165, 1.54) is 5.56 Å². The molecule has 0 saturated heterocycles. The first-order chi connectivity index (χ1) is 13.1. The van der Waals surface area contributed by atoms with E-state index < -0.39 is 0 Å². The number of carbonyl (C=O) groups excluding carboxylic acids is 1. The van der Waals surface area contributed by atoms with Gasteiger partial charge in [-0.15, -0.1) is 0 Å². The minimum atomic E-state index is 0.129. The minimum Gasteiger partial charge on any atom is -0.493 e.